The number of fused-ring (bicyclic) bond motifs is 1. The Morgan fingerprint density at radius 2 is 1.85 bits per heavy atom. The molecule has 1 aliphatic rings. The molecule has 0 aromatic heterocycles. The standard InChI is InChI=1S/C14H19O5P/c1-4-17-20(16,18-5-2)14(3)10-11-8-6-7-9-12(11)19-13(14)15/h6-9H,4-5,10H2,1-3H3. The van der Waals surface area contributed by atoms with Crippen molar-refractivity contribution in [3.63, 3.8) is 0 Å². The lowest BCUT2D eigenvalue weighted by molar-refractivity contribution is -0.138. The van der Waals surface area contributed by atoms with Crippen LogP contribution in [0.3, 0.4) is 0 Å². The second kappa shape index (κ2) is 5.68. The van der Waals surface area contributed by atoms with Gasteiger partial charge in [0, 0.05) is 6.42 Å². The lowest BCUT2D eigenvalue weighted by atomic mass is 9.97. The smallest absolute Gasteiger partial charge is 0.347 e. The second-order valence-electron chi connectivity index (χ2n) is 4.78. The Hall–Kier alpha value is -1.16. The van der Waals surface area contributed by atoms with Crippen LogP contribution in [0.4, 0.5) is 0 Å². The highest BCUT2D eigenvalue weighted by molar-refractivity contribution is 7.56. The first-order chi connectivity index (χ1) is 9.47. The predicted molar refractivity (Wildman–Crippen MR) is 75.0 cm³/mol. The Balaban J connectivity index is 2.43. The first kappa shape index (κ1) is 15.2. The van der Waals surface area contributed by atoms with E-state index in [0.29, 0.717) is 5.75 Å². The molecule has 5 nitrogen and oxygen atoms in total. The molecule has 20 heavy (non-hydrogen) atoms. The Bertz CT molecular complexity index is 546. The van der Waals surface area contributed by atoms with Crippen LogP contribution in [-0.4, -0.2) is 24.3 Å². The van der Waals surface area contributed by atoms with Crippen LogP contribution in [0.1, 0.15) is 26.3 Å². The summed E-state index contributed by atoms with van der Waals surface area (Å²) in [5.41, 5.74) is 0.828. The minimum Gasteiger partial charge on any atom is -0.425 e. The molecular formula is C14H19O5P. The fourth-order valence-electron chi connectivity index (χ4n) is 2.27. The number of carbonyl (C=O) groups excluding carboxylic acids is 1. The zero-order valence-corrected chi connectivity index (χ0v) is 12.8. The van der Waals surface area contributed by atoms with Crippen molar-refractivity contribution in [1.82, 2.24) is 0 Å². The normalized spacial score (nSPS) is 22.2. The van der Waals surface area contributed by atoms with E-state index in [1.54, 1.807) is 32.9 Å². The molecule has 0 spiro atoms. The van der Waals surface area contributed by atoms with Crippen molar-refractivity contribution in [1.29, 1.82) is 0 Å². The molecule has 0 saturated carbocycles. The van der Waals surface area contributed by atoms with Crippen LogP contribution in [0.2, 0.25) is 0 Å². The minimum absolute atomic E-state index is 0.210. The summed E-state index contributed by atoms with van der Waals surface area (Å²) in [6, 6.07) is 7.21. The van der Waals surface area contributed by atoms with Gasteiger partial charge in [-0.05, 0) is 32.4 Å². The van der Waals surface area contributed by atoms with Crippen LogP contribution in [0.5, 0.6) is 5.75 Å². The van der Waals surface area contributed by atoms with E-state index in [0.717, 1.165) is 5.56 Å². The van der Waals surface area contributed by atoms with Crippen molar-refractivity contribution in [2.75, 3.05) is 13.2 Å². The fourth-order valence-corrected chi connectivity index (χ4v) is 4.23. The quantitative estimate of drug-likeness (QED) is 0.474. The van der Waals surface area contributed by atoms with Crippen molar-refractivity contribution in [2.24, 2.45) is 0 Å². The van der Waals surface area contributed by atoms with Gasteiger partial charge in [0.05, 0.1) is 13.2 Å². The van der Waals surface area contributed by atoms with Gasteiger partial charge in [-0.15, -0.1) is 0 Å². The van der Waals surface area contributed by atoms with Gasteiger partial charge in [0.2, 0.25) is 0 Å². The summed E-state index contributed by atoms with van der Waals surface area (Å²) < 4.78 is 28.9. The Kier molecular flexibility index (Phi) is 4.33. The van der Waals surface area contributed by atoms with E-state index in [1.165, 1.54) is 0 Å². The van der Waals surface area contributed by atoms with Gasteiger partial charge in [-0.1, -0.05) is 18.2 Å². The number of ether oxygens (including phenoxy) is 1. The third kappa shape index (κ3) is 2.41. The van der Waals surface area contributed by atoms with Crippen molar-refractivity contribution >= 4 is 13.6 Å². The van der Waals surface area contributed by atoms with Crippen molar-refractivity contribution in [2.45, 2.75) is 32.3 Å². The average Bonchev–Trinajstić information content (AvgIpc) is 2.40. The third-order valence-corrected chi connectivity index (χ3v) is 6.10. The summed E-state index contributed by atoms with van der Waals surface area (Å²) in [5, 5.41) is -1.31. The first-order valence-electron chi connectivity index (χ1n) is 6.66. The van der Waals surface area contributed by atoms with Gasteiger partial charge in [-0.2, -0.15) is 0 Å². The van der Waals surface area contributed by atoms with E-state index in [1.807, 2.05) is 12.1 Å². The van der Waals surface area contributed by atoms with E-state index >= 15 is 0 Å². The Morgan fingerprint density at radius 3 is 2.45 bits per heavy atom. The van der Waals surface area contributed by atoms with Gasteiger partial charge >= 0.3 is 13.6 Å². The van der Waals surface area contributed by atoms with Gasteiger partial charge < -0.3 is 13.8 Å². The largest absolute Gasteiger partial charge is 0.425 e. The van der Waals surface area contributed by atoms with Gasteiger partial charge in [0.1, 0.15) is 5.75 Å². The highest BCUT2D eigenvalue weighted by atomic mass is 31.2. The lowest BCUT2D eigenvalue weighted by Gasteiger charge is -2.36. The zero-order valence-electron chi connectivity index (χ0n) is 11.9. The summed E-state index contributed by atoms with van der Waals surface area (Å²) >= 11 is 0. The molecule has 0 bridgehead atoms. The van der Waals surface area contributed by atoms with E-state index in [2.05, 4.69) is 0 Å². The van der Waals surface area contributed by atoms with Crippen molar-refractivity contribution in [3.05, 3.63) is 29.8 Å². The molecule has 0 radical (unpaired) electrons. The van der Waals surface area contributed by atoms with Crippen LogP contribution in [0.25, 0.3) is 0 Å². The van der Waals surface area contributed by atoms with Crippen LogP contribution in [-0.2, 0) is 24.8 Å². The monoisotopic (exact) mass is 298 g/mol. The predicted octanol–water partition coefficient (Wildman–Crippen LogP) is 3.17. The molecule has 1 heterocycles. The maximum Gasteiger partial charge on any atom is 0.347 e. The van der Waals surface area contributed by atoms with E-state index in [-0.39, 0.29) is 19.6 Å². The maximum absolute atomic E-state index is 13.0. The fraction of sp³-hybridized carbons (Fsp3) is 0.500. The molecule has 110 valence electrons. The first-order valence-corrected chi connectivity index (χ1v) is 8.20. The number of carbonyl (C=O) groups is 1. The maximum atomic E-state index is 13.0. The molecule has 0 fully saturated rings. The number of rotatable bonds is 5. The summed E-state index contributed by atoms with van der Waals surface area (Å²) in [5.74, 6) is -0.0593. The topological polar surface area (TPSA) is 61.8 Å². The molecule has 1 atom stereocenters. The van der Waals surface area contributed by atoms with Crippen LogP contribution < -0.4 is 4.74 Å². The SMILES string of the molecule is CCOP(=O)(OCC)C1(C)Cc2ccccc2OC1=O. The molecule has 1 unspecified atom stereocenters. The van der Waals surface area contributed by atoms with Crippen LogP contribution in [0, 0.1) is 0 Å². The molecule has 0 amide bonds. The van der Waals surface area contributed by atoms with Crippen LogP contribution in [0.15, 0.2) is 24.3 Å². The molecule has 2 rings (SSSR count). The molecular weight excluding hydrogens is 279 g/mol. The Labute approximate surface area is 118 Å². The number of hydrogen-bond donors (Lipinski definition) is 0. The van der Waals surface area contributed by atoms with E-state index in [9.17, 15) is 9.36 Å². The molecule has 1 aliphatic heterocycles. The highest BCUT2D eigenvalue weighted by Gasteiger charge is 2.56. The second-order valence-corrected chi connectivity index (χ2v) is 7.28. The van der Waals surface area contributed by atoms with Crippen LogP contribution >= 0.6 is 7.60 Å². The zero-order chi connectivity index (χ0) is 14.8. The van der Waals surface area contributed by atoms with E-state index < -0.39 is 18.7 Å². The highest BCUT2D eigenvalue weighted by Crippen LogP contribution is 2.62. The van der Waals surface area contributed by atoms with Gasteiger partial charge in [0.15, 0.2) is 5.16 Å². The number of para-hydroxylation sites is 1. The minimum atomic E-state index is -3.59. The van der Waals surface area contributed by atoms with Gasteiger partial charge in [0.25, 0.3) is 0 Å². The summed E-state index contributed by atoms with van der Waals surface area (Å²) in [6.45, 7) is 5.44. The molecule has 0 aliphatic carbocycles. The summed E-state index contributed by atoms with van der Waals surface area (Å²) in [7, 11) is -3.59. The summed E-state index contributed by atoms with van der Waals surface area (Å²) in [6.07, 6.45) is 0.277. The molecule has 1 aromatic rings. The molecule has 1 aromatic carbocycles. The number of esters is 1. The third-order valence-electron chi connectivity index (χ3n) is 3.35. The average molecular weight is 298 g/mol. The number of hydrogen-bond acceptors (Lipinski definition) is 5. The van der Waals surface area contributed by atoms with Gasteiger partial charge in [-0.3, -0.25) is 9.36 Å². The molecule has 0 N–H and O–H groups in total. The number of benzene rings is 1. The Morgan fingerprint density at radius 1 is 1.25 bits per heavy atom. The lowest BCUT2D eigenvalue weighted by Crippen LogP contribution is -2.45. The van der Waals surface area contributed by atoms with Gasteiger partial charge in [-0.25, -0.2) is 0 Å². The molecule has 6 heteroatoms. The van der Waals surface area contributed by atoms with Crippen molar-refractivity contribution < 1.29 is 23.1 Å². The molecule has 0 saturated heterocycles. The van der Waals surface area contributed by atoms with Crippen molar-refractivity contribution in [3.8, 4) is 5.75 Å². The van der Waals surface area contributed by atoms with E-state index in [4.69, 9.17) is 13.8 Å². The summed E-state index contributed by atoms with van der Waals surface area (Å²) in [4.78, 5) is 12.3.